The van der Waals surface area contributed by atoms with Gasteiger partial charge in [0, 0.05) is 23.0 Å². The molecule has 2 heterocycles. The van der Waals surface area contributed by atoms with Gasteiger partial charge in [0.05, 0.1) is 24.7 Å². The number of aromatic amines is 1. The number of nitrogens with zero attached hydrogens (tertiary/aromatic N) is 3. The zero-order chi connectivity index (χ0) is 18.6. The standard InChI is InChI=1S/C21H19ClN4O/c22-17-8-6-15(7-9-17)12-18(13-27)26-14-25-19(16-4-2-1-3-5-16)20(26)21-23-10-11-24-21/h1-11,14,18,27H,12-13H2,(H,23,24)/t18-/m1/s1. The van der Waals surface area contributed by atoms with Crippen LogP contribution in [0.4, 0.5) is 0 Å². The van der Waals surface area contributed by atoms with Crippen molar-refractivity contribution in [1.29, 1.82) is 0 Å². The van der Waals surface area contributed by atoms with Crippen molar-refractivity contribution < 1.29 is 5.11 Å². The fourth-order valence-electron chi connectivity index (χ4n) is 3.22. The van der Waals surface area contributed by atoms with E-state index in [1.165, 1.54) is 0 Å². The van der Waals surface area contributed by atoms with E-state index in [-0.39, 0.29) is 12.6 Å². The third kappa shape index (κ3) is 3.65. The number of aliphatic hydroxyl groups excluding tert-OH is 1. The highest BCUT2D eigenvalue weighted by atomic mass is 35.5. The summed E-state index contributed by atoms with van der Waals surface area (Å²) in [5.41, 5.74) is 3.80. The number of imidazole rings is 2. The van der Waals surface area contributed by atoms with Crippen LogP contribution in [0.1, 0.15) is 11.6 Å². The molecule has 0 aliphatic rings. The number of benzene rings is 2. The molecule has 0 aliphatic carbocycles. The molecular weight excluding hydrogens is 360 g/mol. The molecule has 0 amide bonds. The maximum Gasteiger partial charge on any atom is 0.156 e. The van der Waals surface area contributed by atoms with Gasteiger partial charge < -0.3 is 14.7 Å². The van der Waals surface area contributed by atoms with Crippen molar-refractivity contribution in [3.63, 3.8) is 0 Å². The second-order valence-electron chi connectivity index (χ2n) is 6.32. The van der Waals surface area contributed by atoms with Gasteiger partial charge in [-0.15, -0.1) is 0 Å². The minimum Gasteiger partial charge on any atom is -0.394 e. The molecule has 2 aromatic carbocycles. The average Bonchev–Trinajstić information content (AvgIpc) is 3.38. The van der Waals surface area contributed by atoms with Gasteiger partial charge in [0.15, 0.2) is 5.82 Å². The van der Waals surface area contributed by atoms with E-state index in [1.807, 2.05) is 59.2 Å². The smallest absolute Gasteiger partial charge is 0.156 e. The van der Waals surface area contributed by atoms with E-state index in [0.29, 0.717) is 11.4 Å². The topological polar surface area (TPSA) is 66.7 Å². The molecule has 0 saturated carbocycles. The van der Waals surface area contributed by atoms with Crippen LogP contribution in [-0.2, 0) is 6.42 Å². The number of halogens is 1. The Kier molecular flexibility index (Phi) is 5.05. The van der Waals surface area contributed by atoms with Gasteiger partial charge >= 0.3 is 0 Å². The van der Waals surface area contributed by atoms with Gasteiger partial charge in [0.2, 0.25) is 0 Å². The second-order valence-corrected chi connectivity index (χ2v) is 6.76. The fraction of sp³-hybridized carbons (Fsp3) is 0.143. The highest BCUT2D eigenvalue weighted by molar-refractivity contribution is 6.30. The molecule has 27 heavy (non-hydrogen) atoms. The predicted octanol–water partition coefficient (Wildman–Crippen LogP) is 4.37. The Morgan fingerprint density at radius 2 is 1.81 bits per heavy atom. The van der Waals surface area contributed by atoms with Crippen molar-refractivity contribution in [3.8, 4) is 22.8 Å². The van der Waals surface area contributed by atoms with Gasteiger partial charge in [-0.2, -0.15) is 0 Å². The Morgan fingerprint density at radius 1 is 1.04 bits per heavy atom. The average molecular weight is 379 g/mol. The first kappa shape index (κ1) is 17.5. The monoisotopic (exact) mass is 378 g/mol. The van der Waals surface area contributed by atoms with Gasteiger partial charge in [-0.3, -0.25) is 0 Å². The molecule has 0 spiro atoms. The lowest BCUT2D eigenvalue weighted by Gasteiger charge is -2.19. The van der Waals surface area contributed by atoms with Crippen molar-refractivity contribution in [1.82, 2.24) is 19.5 Å². The van der Waals surface area contributed by atoms with Gasteiger partial charge in [0.1, 0.15) is 5.69 Å². The van der Waals surface area contributed by atoms with E-state index in [4.69, 9.17) is 11.6 Å². The molecule has 4 aromatic rings. The Hall–Kier alpha value is -2.89. The number of aromatic nitrogens is 4. The number of H-pyrrole nitrogens is 1. The van der Waals surface area contributed by atoms with Crippen LogP contribution in [0.25, 0.3) is 22.8 Å². The summed E-state index contributed by atoms with van der Waals surface area (Å²) in [4.78, 5) is 12.2. The Balaban J connectivity index is 1.77. The SMILES string of the molecule is OC[C@@H](Cc1ccc(Cl)cc1)n1cnc(-c2ccccc2)c1-c1ncc[nH]1. The normalized spacial score (nSPS) is 12.2. The third-order valence-electron chi connectivity index (χ3n) is 4.55. The van der Waals surface area contributed by atoms with E-state index in [1.54, 1.807) is 18.7 Å². The first-order valence-electron chi connectivity index (χ1n) is 8.73. The lowest BCUT2D eigenvalue weighted by Crippen LogP contribution is -2.16. The maximum absolute atomic E-state index is 10.1. The number of nitrogens with one attached hydrogen (secondary N) is 1. The summed E-state index contributed by atoms with van der Waals surface area (Å²) in [6.07, 6.45) is 5.94. The van der Waals surface area contributed by atoms with Gasteiger partial charge in [-0.1, -0.05) is 54.1 Å². The van der Waals surface area contributed by atoms with Gasteiger partial charge in [-0.25, -0.2) is 9.97 Å². The van der Waals surface area contributed by atoms with Crippen LogP contribution in [0.15, 0.2) is 73.3 Å². The first-order valence-corrected chi connectivity index (χ1v) is 9.11. The molecule has 6 heteroatoms. The van der Waals surface area contributed by atoms with E-state index in [0.717, 1.165) is 28.3 Å². The molecule has 0 aliphatic heterocycles. The Morgan fingerprint density at radius 3 is 2.48 bits per heavy atom. The van der Waals surface area contributed by atoms with Crippen LogP contribution >= 0.6 is 11.6 Å². The van der Waals surface area contributed by atoms with Gasteiger partial charge in [0.25, 0.3) is 0 Å². The molecule has 0 radical (unpaired) electrons. The van der Waals surface area contributed by atoms with Crippen molar-refractivity contribution in [3.05, 3.63) is 83.9 Å². The number of hydrogen-bond acceptors (Lipinski definition) is 3. The largest absolute Gasteiger partial charge is 0.394 e. The van der Waals surface area contributed by atoms with Crippen LogP contribution in [0.5, 0.6) is 0 Å². The molecular formula is C21H19ClN4O. The molecule has 2 aromatic heterocycles. The first-order chi connectivity index (χ1) is 13.3. The highest BCUT2D eigenvalue weighted by Gasteiger charge is 2.22. The summed E-state index contributed by atoms with van der Waals surface area (Å²) >= 11 is 5.99. The molecule has 0 fully saturated rings. The minimum absolute atomic E-state index is 0.0130. The summed E-state index contributed by atoms with van der Waals surface area (Å²) in [7, 11) is 0. The number of rotatable bonds is 6. The van der Waals surface area contributed by atoms with Crippen molar-refractivity contribution in [2.24, 2.45) is 0 Å². The van der Waals surface area contributed by atoms with Crippen LogP contribution in [0, 0.1) is 0 Å². The Bertz CT molecular complexity index is 995. The third-order valence-corrected chi connectivity index (χ3v) is 4.80. The summed E-state index contributed by atoms with van der Waals surface area (Å²) in [6, 6.07) is 17.5. The summed E-state index contributed by atoms with van der Waals surface area (Å²) < 4.78 is 2.00. The van der Waals surface area contributed by atoms with Crippen molar-refractivity contribution in [2.75, 3.05) is 6.61 Å². The van der Waals surface area contributed by atoms with Crippen molar-refractivity contribution in [2.45, 2.75) is 12.5 Å². The Labute approximate surface area is 162 Å². The second kappa shape index (κ2) is 7.78. The molecule has 0 bridgehead atoms. The van der Waals surface area contributed by atoms with E-state index >= 15 is 0 Å². The van der Waals surface area contributed by atoms with Gasteiger partial charge in [-0.05, 0) is 24.1 Å². The van der Waals surface area contributed by atoms with E-state index in [2.05, 4.69) is 15.0 Å². The highest BCUT2D eigenvalue weighted by Crippen LogP contribution is 2.32. The number of hydrogen-bond donors (Lipinski definition) is 2. The van der Waals surface area contributed by atoms with E-state index in [9.17, 15) is 5.11 Å². The summed E-state index contributed by atoms with van der Waals surface area (Å²) in [5, 5.41) is 10.8. The molecule has 136 valence electrons. The predicted molar refractivity (Wildman–Crippen MR) is 107 cm³/mol. The molecule has 1 atom stereocenters. The minimum atomic E-state index is -0.170. The quantitative estimate of drug-likeness (QED) is 0.523. The maximum atomic E-state index is 10.1. The van der Waals surface area contributed by atoms with Crippen LogP contribution in [-0.4, -0.2) is 31.2 Å². The lowest BCUT2D eigenvalue weighted by molar-refractivity contribution is 0.228. The van der Waals surface area contributed by atoms with E-state index < -0.39 is 0 Å². The number of aliphatic hydroxyl groups is 1. The molecule has 0 saturated heterocycles. The zero-order valence-electron chi connectivity index (χ0n) is 14.6. The summed E-state index contributed by atoms with van der Waals surface area (Å²) in [5.74, 6) is 0.723. The zero-order valence-corrected chi connectivity index (χ0v) is 15.3. The fourth-order valence-corrected chi connectivity index (χ4v) is 3.34. The molecule has 0 unspecified atom stereocenters. The molecule has 2 N–H and O–H groups in total. The van der Waals surface area contributed by atoms with Crippen LogP contribution in [0.3, 0.4) is 0 Å². The summed E-state index contributed by atoms with van der Waals surface area (Å²) in [6.45, 7) is -0.0130. The van der Waals surface area contributed by atoms with Crippen LogP contribution in [0.2, 0.25) is 5.02 Å². The molecule has 5 nitrogen and oxygen atoms in total. The van der Waals surface area contributed by atoms with Crippen molar-refractivity contribution >= 4 is 11.6 Å². The molecule has 4 rings (SSSR count). The van der Waals surface area contributed by atoms with Crippen LogP contribution < -0.4 is 0 Å². The lowest BCUT2D eigenvalue weighted by atomic mass is 10.1.